The molecule has 5 rings (SSSR count). The Hall–Kier alpha value is -4.11. The number of rotatable bonds is 6. The smallest absolute Gasteiger partial charge is 0.255 e. The Balaban J connectivity index is 1.59. The van der Waals surface area contributed by atoms with Crippen molar-refractivity contribution in [2.75, 3.05) is 24.9 Å². The summed E-state index contributed by atoms with van der Waals surface area (Å²) in [6.45, 7) is 1.88. The van der Waals surface area contributed by atoms with Crippen molar-refractivity contribution in [1.29, 1.82) is 0 Å². The molecule has 0 saturated heterocycles. The van der Waals surface area contributed by atoms with Gasteiger partial charge in [0.15, 0.2) is 17.3 Å². The van der Waals surface area contributed by atoms with Gasteiger partial charge in [-0.25, -0.2) is 4.68 Å². The molecule has 8 nitrogen and oxygen atoms in total. The molecule has 1 aliphatic heterocycles. The third kappa shape index (κ3) is 4.45. The van der Waals surface area contributed by atoms with Gasteiger partial charge < -0.3 is 20.1 Å². The Morgan fingerprint density at radius 2 is 1.72 bits per heavy atom. The van der Waals surface area contributed by atoms with Gasteiger partial charge in [-0.15, -0.1) is 5.10 Å². The minimum absolute atomic E-state index is 0.215. The van der Waals surface area contributed by atoms with Gasteiger partial charge in [-0.3, -0.25) is 4.79 Å². The molecule has 0 bridgehead atoms. The normalized spacial score (nSPS) is 14.6. The third-order valence-electron chi connectivity index (χ3n) is 5.96. The molecule has 1 amide bonds. The van der Waals surface area contributed by atoms with E-state index in [1.54, 1.807) is 18.9 Å². The van der Waals surface area contributed by atoms with Crippen molar-refractivity contribution in [2.24, 2.45) is 0 Å². The van der Waals surface area contributed by atoms with Gasteiger partial charge in [0, 0.05) is 21.4 Å². The Labute approximate surface area is 217 Å². The van der Waals surface area contributed by atoms with Gasteiger partial charge in [0.1, 0.15) is 6.04 Å². The summed E-state index contributed by atoms with van der Waals surface area (Å²) in [5.41, 5.74) is 3.64. The maximum absolute atomic E-state index is 13.6. The SMILES string of the molecule is COc1ccc(-c2nc3n(n2)C(c2ccc(Br)cc2)C(C(=O)Nc2ccccc2)=C(C)N3)cc1OC. The van der Waals surface area contributed by atoms with E-state index in [9.17, 15) is 4.79 Å². The Morgan fingerprint density at radius 1 is 1.00 bits per heavy atom. The van der Waals surface area contributed by atoms with Crippen molar-refractivity contribution in [3.63, 3.8) is 0 Å². The van der Waals surface area contributed by atoms with Crippen LogP contribution in [0.5, 0.6) is 11.5 Å². The van der Waals surface area contributed by atoms with Crippen LogP contribution >= 0.6 is 15.9 Å². The van der Waals surface area contributed by atoms with Crippen molar-refractivity contribution in [2.45, 2.75) is 13.0 Å². The monoisotopic (exact) mass is 545 g/mol. The second-order valence-electron chi connectivity index (χ2n) is 8.21. The van der Waals surface area contributed by atoms with E-state index in [1.807, 2.05) is 79.7 Å². The van der Waals surface area contributed by atoms with Crippen LogP contribution in [0.25, 0.3) is 11.4 Å². The molecule has 9 heteroatoms. The summed E-state index contributed by atoms with van der Waals surface area (Å²) in [6.07, 6.45) is 0. The van der Waals surface area contributed by atoms with Crippen LogP contribution in [0.4, 0.5) is 11.6 Å². The molecule has 0 radical (unpaired) electrons. The number of hydrogen-bond donors (Lipinski definition) is 2. The van der Waals surface area contributed by atoms with E-state index in [-0.39, 0.29) is 5.91 Å². The molecule has 1 aromatic heterocycles. The lowest BCUT2D eigenvalue weighted by atomic mass is 9.95. The zero-order valence-corrected chi connectivity index (χ0v) is 21.5. The molecule has 2 N–H and O–H groups in total. The standard InChI is InChI=1S/C27H24BrN5O3/c1-16-23(26(34)30-20-7-5-4-6-8-20)24(17-9-12-19(28)13-10-17)33-27(29-16)31-25(32-33)18-11-14-21(35-2)22(15-18)36-3/h4-15,24H,1-3H3,(H,30,34)(H,29,31,32). The molecule has 0 fully saturated rings. The van der Waals surface area contributed by atoms with Crippen LogP contribution < -0.4 is 20.1 Å². The van der Waals surface area contributed by atoms with Crippen molar-refractivity contribution in [3.8, 4) is 22.9 Å². The zero-order valence-electron chi connectivity index (χ0n) is 19.9. The molecular formula is C27H24BrN5O3. The van der Waals surface area contributed by atoms with Crippen LogP contribution in [0, 0.1) is 0 Å². The molecule has 0 aliphatic carbocycles. The van der Waals surface area contributed by atoms with E-state index in [1.165, 1.54) is 0 Å². The number of carbonyl (C=O) groups is 1. The summed E-state index contributed by atoms with van der Waals surface area (Å²) in [4.78, 5) is 18.3. The number of ether oxygens (including phenoxy) is 2. The van der Waals surface area contributed by atoms with Gasteiger partial charge >= 0.3 is 0 Å². The topological polar surface area (TPSA) is 90.3 Å². The predicted octanol–water partition coefficient (Wildman–Crippen LogP) is 5.65. The van der Waals surface area contributed by atoms with Crippen molar-refractivity contribution in [1.82, 2.24) is 14.8 Å². The first kappa shape index (κ1) is 23.6. The number of anilines is 2. The summed E-state index contributed by atoms with van der Waals surface area (Å²) >= 11 is 3.50. The maximum Gasteiger partial charge on any atom is 0.255 e. The summed E-state index contributed by atoms with van der Waals surface area (Å²) < 4.78 is 13.5. The van der Waals surface area contributed by atoms with Crippen LogP contribution in [-0.4, -0.2) is 34.9 Å². The number of para-hydroxylation sites is 1. The van der Waals surface area contributed by atoms with Gasteiger partial charge in [-0.2, -0.15) is 4.98 Å². The molecular weight excluding hydrogens is 522 g/mol. The number of fused-ring (bicyclic) bond motifs is 1. The fraction of sp³-hybridized carbons (Fsp3) is 0.148. The number of halogens is 1. The predicted molar refractivity (Wildman–Crippen MR) is 142 cm³/mol. The number of carbonyl (C=O) groups excluding carboxylic acids is 1. The summed E-state index contributed by atoms with van der Waals surface area (Å²) in [6, 6.07) is 22.3. The van der Waals surface area contributed by atoms with Crippen molar-refractivity contribution >= 4 is 33.5 Å². The molecule has 0 spiro atoms. The second kappa shape index (κ2) is 9.87. The van der Waals surface area contributed by atoms with Gasteiger partial charge in [-0.05, 0) is 55.0 Å². The highest BCUT2D eigenvalue weighted by molar-refractivity contribution is 9.10. The van der Waals surface area contributed by atoms with E-state index >= 15 is 0 Å². The lowest BCUT2D eigenvalue weighted by molar-refractivity contribution is -0.113. The van der Waals surface area contributed by atoms with E-state index in [2.05, 4.69) is 26.6 Å². The summed E-state index contributed by atoms with van der Waals surface area (Å²) in [5.74, 6) is 2.03. The van der Waals surface area contributed by atoms with Crippen LogP contribution in [0.3, 0.4) is 0 Å². The first-order chi connectivity index (χ1) is 17.5. The summed E-state index contributed by atoms with van der Waals surface area (Å²) in [5, 5.41) is 11.1. The minimum atomic E-state index is -0.487. The Bertz CT molecular complexity index is 1450. The largest absolute Gasteiger partial charge is 0.493 e. The van der Waals surface area contributed by atoms with E-state index in [0.29, 0.717) is 40.2 Å². The van der Waals surface area contributed by atoms with Gasteiger partial charge in [0.2, 0.25) is 5.95 Å². The van der Waals surface area contributed by atoms with E-state index < -0.39 is 6.04 Å². The lowest BCUT2D eigenvalue weighted by Crippen LogP contribution is -2.31. The fourth-order valence-corrected chi connectivity index (χ4v) is 4.48. The maximum atomic E-state index is 13.6. The summed E-state index contributed by atoms with van der Waals surface area (Å²) in [7, 11) is 3.18. The number of allylic oxidation sites excluding steroid dienone is 1. The van der Waals surface area contributed by atoms with Gasteiger partial charge in [0.25, 0.3) is 5.91 Å². The molecule has 2 heterocycles. The number of methoxy groups -OCH3 is 2. The average molecular weight is 546 g/mol. The second-order valence-corrected chi connectivity index (χ2v) is 9.13. The molecule has 4 aromatic rings. The van der Waals surface area contributed by atoms with Crippen molar-refractivity contribution < 1.29 is 14.3 Å². The quantitative estimate of drug-likeness (QED) is 0.325. The average Bonchev–Trinajstić information content (AvgIpc) is 3.32. The minimum Gasteiger partial charge on any atom is -0.493 e. The molecule has 182 valence electrons. The van der Waals surface area contributed by atoms with Crippen molar-refractivity contribution in [3.05, 3.63) is 94.1 Å². The number of aromatic nitrogens is 3. The van der Waals surface area contributed by atoms with Crippen LogP contribution in [0.15, 0.2) is 88.5 Å². The first-order valence-electron chi connectivity index (χ1n) is 11.3. The van der Waals surface area contributed by atoms with E-state index in [4.69, 9.17) is 19.6 Å². The molecule has 1 aliphatic rings. The molecule has 36 heavy (non-hydrogen) atoms. The number of nitrogens with one attached hydrogen (secondary N) is 2. The van der Waals surface area contributed by atoms with Crippen LogP contribution in [-0.2, 0) is 4.79 Å². The molecule has 3 aromatic carbocycles. The number of benzene rings is 3. The van der Waals surface area contributed by atoms with Gasteiger partial charge in [0.05, 0.1) is 19.8 Å². The lowest BCUT2D eigenvalue weighted by Gasteiger charge is -2.28. The number of amides is 1. The van der Waals surface area contributed by atoms with Crippen LogP contribution in [0.2, 0.25) is 0 Å². The zero-order chi connectivity index (χ0) is 25.2. The highest BCUT2D eigenvalue weighted by Gasteiger charge is 2.34. The molecule has 0 saturated carbocycles. The highest BCUT2D eigenvalue weighted by Crippen LogP contribution is 2.38. The molecule has 1 atom stereocenters. The van der Waals surface area contributed by atoms with E-state index in [0.717, 1.165) is 15.6 Å². The fourth-order valence-electron chi connectivity index (χ4n) is 4.22. The Kier molecular flexibility index (Phi) is 6.47. The highest BCUT2D eigenvalue weighted by atomic mass is 79.9. The van der Waals surface area contributed by atoms with Crippen LogP contribution in [0.1, 0.15) is 18.5 Å². The number of hydrogen-bond acceptors (Lipinski definition) is 6. The van der Waals surface area contributed by atoms with Gasteiger partial charge in [-0.1, -0.05) is 46.3 Å². The Morgan fingerprint density at radius 3 is 2.42 bits per heavy atom. The molecule has 1 unspecified atom stereocenters. The number of nitrogens with zero attached hydrogens (tertiary/aromatic N) is 3. The first-order valence-corrected chi connectivity index (χ1v) is 12.1. The third-order valence-corrected chi connectivity index (χ3v) is 6.49.